The molecule has 0 saturated heterocycles. The Kier molecular flexibility index (Phi) is 5.35. The van der Waals surface area contributed by atoms with E-state index in [2.05, 4.69) is 36.5 Å². The second kappa shape index (κ2) is 6.90. The molecule has 0 aromatic heterocycles. The normalized spacial score (nSPS) is 28.0. The van der Waals surface area contributed by atoms with Crippen LogP contribution < -0.4 is 0 Å². The van der Waals surface area contributed by atoms with Crippen molar-refractivity contribution in [2.45, 2.75) is 38.5 Å². The minimum atomic E-state index is 1.05. The molecular weight excluding hydrogens is 144 g/mol. The van der Waals surface area contributed by atoms with Crippen LogP contribution in [-0.2, 0) is 0 Å². The van der Waals surface area contributed by atoms with Crippen LogP contribution in [0.1, 0.15) is 38.5 Å². The van der Waals surface area contributed by atoms with Crippen molar-refractivity contribution in [2.24, 2.45) is 0 Å². The first-order valence-electron chi connectivity index (χ1n) is 4.85. The summed E-state index contributed by atoms with van der Waals surface area (Å²) in [6.45, 7) is 0. The van der Waals surface area contributed by atoms with Crippen LogP contribution in [0.2, 0.25) is 0 Å². The average Bonchev–Trinajstić information content (AvgIpc) is 2.05. The molecule has 0 aliphatic heterocycles. The molecule has 0 fully saturated rings. The van der Waals surface area contributed by atoms with Crippen molar-refractivity contribution in [2.75, 3.05) is 0 Å². The van der Waals surface area contributed by atoms with Crippen molar-refractivity contribution in [1.82, 2.24) is 0 Å². The molecule has 0 heteroatoms. The van der Waals surface area contributed by atoms with Gasteiger partial charge < -0.3 is 0 Å². The lowest BCUT2D eigenvalue weighted by Gasteiger charge is -1.93. The number of allylic oxidation sites excluding steroid dienone is 6. The summed E-state index contributed by atoms with van der Waals surface area (Å²) in [4.78, 5) is 0. The molecule has 0 N–H and O–H groups in total. The van der Waals surface area contributed by atoms with E-state index in [1.165, 1.54) is 19.3 Å². The molecule has 0 aromatic rings. The van der Waals surface area contributed by atoms with Gasteiger partial charge in [-0.2, -0.15) is 0 Å². The van der Waals surface area contributed by atoms with Gasteiger partial charge in [0.05, 0.1) is 0 Å². The van der Waals surface area contributed by atoms with Crippen LogP contribution in [0.25, 0.3) is 0 Å². The van der Waals surface area contributed by atoms with Crippen LogP contribution in [0.5, 0.6) is 0 Å². The molecular formula is C12H17. The highest BCUT2D eigenvalue weighted by atomic mass is 13.9. The molecule has 0 spiro atoms. The molecule has 65 valence electrons. The fourth-order valence-corrected chi connectivity index (χ4v) is 1.23. The van der Waals surface area contributed by atoms with E-state index in [1.54, 1.807) is 0 Å². The number of hydrogen-bond acceptors (Lipinski definition) is 0. The van der Waals surface area contributed by atoms with Gasteiger partial charge in [0.25, 0.3) is 0 Å². The standard InChI is InChI=1S/C12H17/c1-2-4-6-8-10-12-11-9-7-5-3-1/h1-2,5-7H,3-4,9-12H2/b2-1+,7-5+,8-6?. The van der Waals surface area contributed by atoms with Gasteiger partial charge in [-0.05, 0) is 44.6 Å². The summed E-state index contributed by atoms with van der Waals surface area (Å²) >= 11 is 0. The third-order valence-corrected chi connectivity index (χ3v) is 1.95. The average molecular weight is 161 g/mol. The summed E-state index contributed by atoms with van der Waals surface area (Å²) in [6.07, 6.45) is 21.5. The molecule has 0 unspecified atom stereocenters. The summed E-state index contributed by atoms with van der Waals surface area (Å²) < 4.78 is 0. The van der Waals surface area contributed by atoms with Crippen LogP contribution in [0.3, 0.4) is 0 Å². The van der Waals surface area contributed by atoms with E-state index in [0.717, 1.165) is 19.3 Å². The molecule has 0 heterocycles. The summed E-state index contributed by atoms with van der Waals surface area (Å²) in [5.74, 6) is 0. The van der Waals surface area contributed by atoms with Gasteiger partial charge in [-0.1, -0.05) is 30.4 Å². The Labute approximate surface area is 75.7 Å². The molecule has 1 rings (SSSR count). The monoisotopic (exact) mass is 161 g/mol. The second-order valence-corrected chi connectivity index (χ2v) is 3.07. The van der Waals surface area contributed by atoms with Crippen LogP contribution in [0, 0.1) is 6.08 Å². The number of hydrogen-bond donors (Lipinski definition) is 0. The maximum absolute atomic E-state index is 3.30. The van der Waals surface area contributed by atoms with E-state index in [4.69, 9.17) is 0 Å². The minimum absolute atomic E-state index is 1.05. The van der Waals surface area contributed by atoms with Gasteiger partial charge in [-0.3, -0.25) is 0 Å². The van der Waals surface area contributed by atoms with E-state index in [-0.39, 0.29) is 0 Å². The Balaban J connectivity index is 2.31. The van der Waals surface area contributed by atoms with Crippen molar-refractivity contribution >= 4 is 0 Å². The first-order chi connectivity index (χ1) is 6.00. The Morgan fingerprint density at radius 1 is 0.833 bits per heavy atom. The van der Waals surface area contributed by atoms with Crippen molar-refractivity contribution in [3.05, 3.63) is 36.5 Å². The predicted octanol–water partition coefficient (Wildman–Crippen LogP) is 3.81. The maximum Gasteiger partial charge on any atom is -0.0163 e. The van der Waals surface area contributed by atoms with Crippen LogP contribution >= 0.6 is 0 Å². The largest absolute Gasteiger partial charge is 0.0882 e. The zero-order valence-corrected chi connectivity index (χ0v) is 7.63. The first-order valence-corrected chi connectivity index (χ1v) is 4.85. The van der Waals surface area contributed by atoms with Crippen molar-refractivity contribution in [3.8, 4) is 0 Å². The second-order valence-electron chi connectivity index (χ2n) is 3.07. The highest BCUT2D eigenvalue weighted by Gasteiger charge is 1.84. The third-order valence-electron chi connectivity index (χ3n) is 1.95. The van der Waals surface area contributed by atoms with E-state index in [9.17, 15) is 0 Å². The topological polar surface area (TPSA) is 0 Å². The molecule has 0 atom stereocenters. The van der Waals surface area contributed by atoms with Crippen molar-refractivity contribution in [3.63, 3.8) is 0 Å². The highest BCUT2D eigenvalue weighted by Crippen LogP contribution is 2.03. The van der Waals surface area contributed by atoms with E-state index in [0.29, 0.717) is 0 Å². The van der Waals surface area contributed by atoms with Crippen LogP contribution in [-0.4, -0.2) is 0 Å². The maximum atomic E-state index is 3.30. The van der Waals surface area contributed by atoms with Gasteiger partial charge in [0.1, 0.15) is 0 Å². The lowest BCUT2D eigenvalue weighted by atomic mass is 10.1. The highest BCUT2D eigenvalue weighted by molar-refractivity contribution is 4.96. The van der Waals surface area contributed by atoms with E-state index >= 15 is 0 Å². The lowest BCUT2D eigenvalue weighted by molar-refractivity contribution is 0.751. The first kappa shape index (κ1) is 9.31. The van der Waals surface area contributed by atoms with Crippen molar-refractivity contribution in [1.29, 1.82) is 0 Å². The van der Waals surface area contributed by atoms with Gasteiger partial charge in [-0.25, -0.2) is 0 Å². The molecule has 0 bridgehead atoms. The van der Waals surface area contributed by atoms with Crippen molar-refractivity contribution < 1.29 is 0 Å². The smallest absolute Gasteiger partial charge is 0.0163 e. The molecule has 0 nitrogen and oxygen atoms in total. The SMILES string of the molecule is [C]1=C\C/C=C/C/C=C/CCCC/1. The minimum Gasteiger partial charge on any atom is -0.0882 e. The van der Waals surface area contributed by atoms with Gasteiger partial charge >= 0.3 is 0 Å². The molecule has 1 aliphatic carbocycles. The van der Waals surface area contributed by atoms with Gasteiger partial charge in [-0.15, -0.1) is 0 Å². The molecule has 0 aromatic carbocycles. The Hall–Kier alpha value is -0.780. The van der Waals surface area contributed by atoms with Gasteiger partial charge in [0, 0.05) is 0 Å². The molecule has 1 radical (unpaired) electrons. The Morgan fingerprint density at radius 3 is 2.67 bits per heavy atom. The van der Waals surface area contributed by atoms with Gasteiger partial charge in [0.2, 0.25) is 0 Å². The summed E-state index contributed by atoms with van der Waals surface area (Å²) in [5, 5.41) is 0. The van der Waals surface area contributed by atoms with E-state index < -0.39 is 0 Å². The predicted molar refractivity (Wildman–Crippen MR) is 53.8 cm³/mol. The third kappa shape index (κ3) is 4.95. The van der Waals surface area contributed by atoms with Crippen LogP contribution in [0.4, 0.5) is 0 Å². The lowest BCUT2D eigenvalue weighted by Crippen LogP contribution is -1.74. The molecule has 0 amide bonds. The zero-order valence-electron chi connectivity index (χ0n) is 7.63. The zero-order chi connectivity index (χ0) is 8.49. The quantitative estimate of drug-likeness (QED) is 0.474. The fraction of sp³-hybridized carbons (Fsp3) is 0.500. The number of rotatable bonds is 0. The summed E-state index contributed by atoms with van der Waals surface area (Å²) in [7, 11) is 0. The summed E-state index contributed by atoms with van der Waals surface area (Å²) in [5.41, 5.74) is 0. The molecule has 12 heavy (non-hydrogen) atoms. The molecule has 1 aliphatic rings. The van der Waals surface area contributed by atoms with Crippen LogP contribution in [0.15, 0.2) is 30.4 Å². The Morgan fingerprint density at radius 2 is 1.67 bits per heavy atom. The Bertz CT molecular complexity index is 152. The summed E-state index contributed by atoms with van der Waals surface area (Å²) in [6, 6.07) is 0. The fourth-order valence-electron chi connectivity index (χ4n) is 1.23. The van der Waals surface area contributed by atoms with E-state index in [1.807, 2.05) is 0 Å². The molecule has 0 saturated carbocycles. The van der Waals surface area contributed by atoms with Gasteiger partial charge in [0.15, 0.2) is 0 Å².